The number of hydrogen-bond donors (Lipinski definition) is 1. The monoisotopic (exact) mass is 398 g/mol. The summed E-state index contributed by atoms with van der Waals surface area (Å²) in [4.78, 5) is 49.3. The Hall–Kier alpha value is -3.88. The van der Waals surface area contributed by atoms with Crippen LogP contribution in [0.3, 0.4) is 0 Å². The Balaban J connectivity index is 1.65. The van der Waals surface area contributed by atoms with E-state index in [-0.39, 0.29) is 16.7 Å². The van der Waals surface area contributed by atoms with E-state index in [0.717, 1.165) is 4.90 Å². The van der Waals surface area contributed by atoms with Gasteiger partial charge in [-0.1, -0.05) is 0 Å². The molecule has 0 saturated carbocycles. The minimum absolute atomic E-state index is 0.0620. The number of benzene rings is 2. The van der Waals surface area contributed by atoms with Gasteiger partial charge in [0.05, 0.1) is 36.6 Å². The van der Waals surface area contributed by atoms with Gasteiger partial charge in [0.15, 0.2) is 6.61 Å². The Kier molecular flexibility index (Phi) is 5.49. The van der Waals surface area contributed by atoms with Crippen LogP contribution in [0.15, 0.2) is 36.4 Å². The van der Waals surface area contributed by atoms with Gasteiger partial charge < -0.3 is 19.5 Å². The lowest BCUT2D eigenvalue weighted by Crippen LogP contribution is -2.24. The number of carbonyl (C=O) groups is 4. The van der Waals surface area contributed by atoms with E-state index in [1.807, 2.05) is 0 Å². The van der Waals surface area contributed by atoms with Crippen molar-refractivity contribution in [1.29, 1.82) is 0 Å². The van der Waals surface area contributed by atoms with Crippen molar-refractivity contribution in [3.63, 3.8) is 0 Å². The summed E-state index contributed by atoms with van der Waals surface area (Å²) in [7, 11) is 4.30. The Morgan fingerprint density at radius 3 is 2.38 bits per heavy atom. The van der Waals surface area contributed by atoms with Crippen LogP contribution in [0.2, 0.25) is 0 Å². The molecule has 0 atom stereocenters. The molecule has 2 aromatic rings. The highest BCUT2D eigenvalue weighted by Crippen LogP contribution is 2.29. The van der Waals surface area contributed by atoms with Crippen molar-refractivity contribution in [2.45, 2.75) is 0 Å². The Morgan fingerprint density at radius 1 is 0.966 bits per heavy atom. The van der Waals surface area contributed by atoms with Crippen LogP contribution in [-0.4, -0.2) is 56.5 Å². The molecule has 3 rings (SSSR count). The predicted molar refractivity (Wildman–Crippen MR) is 101 cm³/mol. The molecule has 1 N–H and O–H groups in total. The standard InChI is InChI=1S/C20H18N2O7/c1-22-18(24)13-6-4-11(8-14(13)19(22)25)20(26)29-10-17(23)21-15-9-12(27-2)5-7-16(15)28-3/h4-9H,10H2,1-3H3,(H,21,23). The average molecular weight is 398 g/mol. The molecule has 0 radical (unpaired) electrons. The van der Waals surface area contributed by atoms with Crippen molar-refractivity contribution >= 4 is 29.4 Å². The molecule has 2 aromatic carbocycles. The van der Waals surface area contributed by atoms with Gasteiger partial charge in [0.1, 0.15) is 11.5 Å². The van der Waals surface area contributed by atoms with Gasteiger partial charge in [-0.05, 0) is 30.3 Å². The number of nitrogens with one attached hydrogen (secondary N) is 1. The molecule has 0 saturated heterocycles. The third-order valence-corrected chi connectivity index (χ3v) is 4.34. The van der Waals surface area contributed by atoms with Crippen LogP contribution in [0.1, 0.15) is 31.1 Å². The van der Waals surface area contributed by atoms with Crippen molar-refractivity contribution in [3.8, 4) is 11.5 Å². The van der Waals surface area contributed by atoms with E-state index in [9.17, 15) is 19.2 Å². The second-order valence-corrected chi connectivity index (χ2v) is 6.12. The maximum atomic E-state index is 12.2. The maximum Gasteiger partial charge on any atom is 0.338 e. The zero-order valence-electron chi connectivity index (χ0n) is 16.0. The summed E-state index contributed by atoms with van der Waals surface area (Å²) in [5.41, 5.74) is 0.763. The summed E-state index contributed by atoms with van der Waals surface area (Å²) in [6.07, 6.45) is 0. The van der Waals surface area contributed by atoms with Gasteiger partial charge in [0.2, 0.25) is 0 Å². The number of esters is 1. The van der Waals surface area contributed by atoms with Gasteiger partial charge in [-0.3, -0.25) is 19.3 Å². The van der Waals surface area contributed by atoms with E-state index in [0.29, 0.717) is 17.2 Å². The second kappa shape index (κ2) is 8.01. The molecule has 150 valence electrons. The number of fused-ring (bicyclic) bond motifs is 1. The lowest BCUT2D eigenvalue weighted by molar-refractivity contribution is -0.119. The van der Waals surface area contributed by atoms with E-state index in [4.69, 9.17) is 14.2 Å². The average Bonchev–Trinajstić information content (AvgIpc) is 2.95. The lowest BCUT2D eigenvalue weighted by atomic mass is 10.1. The van der Waals surface area contributed by atoms with Crippen LogP contribution in [0.5, 0.6) is 11.5 Å². The third-order valence-electron chi connectivity index (χ3n) is 4.34. The molecule has 1 aliphatic rings. The second-order valence-electron chi connectivity index (χ2n) is 6.12. The quantitative estimate of drug-likeness (QED) is 0.583. The Morgan fingerprint density at radius 2 is 1.69 bits per heavy atom. The van der Waals surface area contributed by atoms with Crippen LogP contribution >= 0.6 is 0 Å². The van der Waals surface area contributed by atoms with E-state index in [2.05, 4.69) is 5.32 Å². The molecule has 1 aliphatic heterocycles. The number of nitrogens with zero attached hydrogens (tertiary/aromatic N) is 1. The molecule has 9 nitrogen and oxygen atoms in total. The van der Waals surface area contributed by atoms with Crippen LogP contribution in [0, 0.1) is 0 Å². The van der Waals surface area contributed by atoms with E-state index in [1.54, 1.807) is 18.2 Å². The molecular weight excluding hydrogens is 380 g/mol. The first-order chi connectivity index (χ1) is 13.8. The number of imide groups is 1. The highest BCUT2D eigenvalue weighted by atomic mass is 16.5. The summed E-state index contributed by atoms with van der Waals surface area (Å²) in [5, 5.41) is 2.58. The first-order valence-electron chi connectivity index (χ1n) is 8.51. The molecule has 0 fully saturated rings. The number of methoxy groups -OCH3 is 2. The Bertz CT molecular complexity index is 1020. The van der Waals surface area contributed by atoms with Crippen molar-refractivity contribution in [2.75, 3.05) is 33.2 Å². The molecule has 3 amide bonds. The van der Waals surface area contributed by atoms with Gasteiger partial charge in [0, 0.05) is 13.1 Å². The normalized spacial score (nSPS) is 12.4. The van der Waals surface area contributed by atoms with Crippen molar-refractivity contribution in [2.24, 2.45) is 0 Å². The minimum atomic E-state index is -0.796. The number of amides is 3. The lowest BCUT2D eigenvalue weighted by Gasteiger charge is -2.12. The number of rotatable bonds is 6. The van der Waals surface area contributed by atoms with Gasteiger partial charge in [-0.2, -0.15) is 0 Å². The topological polar surface area (TPSA) is 111 Å². The number of anilines is 1. The van der Waals surface area contributed by atoms with Crippen LogP contribution in [0.4, 0.5) is 5.69 Å². The summed E-state index contributed by atoms with van der Waals surface area (Å²) in [6.45, 7) is -0.553. The molecule has 0 spiro atoms. The largest absolute Gasteiger partial charge is 0.497 e. The smallest absolute Gasteiger partial charge is 0.338 e. The molecule has 0 aromatic heterocycles. The highest BCUT2D eigenvalue weighted by Gasteiger charge is 2.33. The SMILES string of the molecule is COc1ccc(OC)c(NC(=O)COC(=O)c2ccc3c(c2)C(=O)N(C)C3=O)c1. The zero-order chi connectivity index (χ0) is 21.1. The third kappa shape index (κ3) is 3.88. The summed E-state index contributed by atoms with van der Waals surface area (Å²) in [5.74, 6) is -1.39. The fourth-order valence-electron chi connectivity index (χ4n) is 2.80. The van der Waals surface area contributed by atoms with Crippen molar-refractivity contribution in [1.82, 2.24) is 4.90 Å². The predicted octanol–water partition coefficient (Wildman–Crippen LogP) is 1.73. The fourth-order valence-corrected chi connectivity index (χ4v) is 2.80. The maximum absolute atomic E-state index is 12.2. The molecule has 1 heterocycles. The molecule has 0 bridgehead atoms. The van der Waals surface area contributed by atoms with E-state index < -0.39 is 30.3 Å². The van der Waals surface area contributed by atoms with Crippen LogP contribution in [0.25, 0.3) is 0 Å². The van der Waals surface area contributed by atoms with E-state index in [1.165, 1.54) is 39.5 Å². The number of ether oxygens (including phenoxy) is 3. The highest BCUT2D eigenvalue weighted by molar-refractivity contribution is 6.21. The zero-order valence-corrected chi connectivity index (χ0v) is 16.0. The molecule has 9 heteroatoms. The van der Waals surface area contributed by atoms with Gasteiger partial charge in [-0.15, -0.1) is 0 Å². The number of carbonyl (C=O) groups excluding carboxylic acids is 4. The first-order valence-corrected chi connectivity index (χ1v) is 8.51. The molecule has 29 heavy (non-hydrogen) atoms. The van der Waals surface area contributed by atoms with Crippen LogP contribution < -0.4 is 14.8 Å². The van der Waals surface area contributed by atoms with Gasteiger partial charge in [0.25, 0.3) is 17.7 Å². The van der Waals surface area contributed by atoms with Gasteiger partial charge >= 0.3 is 5.97 Å². The summed E-state index contributed by atoms with van der Waals surface area (Å²) >= 11 is 0. The first kappa shape index (κ1) is 19.9. The fraction of sp³-hybridized carbons (Fsp3) is 0.200. The van der Waals surface area contributed by atoms with Crippen LogP contribution in [-0.2, 0) is 9.53 Å². The molecule has 0 aliphatic carbocycles. The Labute approximate surface area is 166 Å². The van der Waals surface area contributed by atoms with Gasteiger partial charge in [-0.25, -0.2) is 4.79 Å². The summed E-state index contributed by atoms with van der Waals surface area (Å²) in [6, 6.07) is 8.90. The van der Waals surface area contributed by atoms with Crippen molar-refractivity contribution < 1.29 is 33.4 Å². The minimum Gasteiger partial charge on any atom is -0.497 e. The summed E-state index contributed by atoms with van der Waals surface area (Å²) < 4.78 is 15.3. The molecule has 0 unspecified atom stereocenters. The van der Waals surface area contributed by atoms with E-state index >= 15 is 0 Å². The molecular formula is C20H18N2O7. The number of hydrogen-bond acceptors (Lipinski definition) is 7. The van der Waals surface area contributed by atoms with Crippen molar-refractivity contribution in [3.05, 3.63) is 53.1 Å².